The number of alkyl carbamates (subject to hydrolysis) is 1. The first-order valence-electron chi connectivity index (χ1n) is 9.76. The van der Waals surface area contributed by atoms with E-state index in [2.05, 4.69) is 15.5 Å². The molecule has 170 valence electrons. The highest BCUT2D eigenvalue weighted by Gasteiger charge is 2.36. The average Bonchev–Trinajstić information content (AvgIpc) is 2.89. The van der Waals surface area contributed by atoms with Gasteiger partial charge in [0.15, 0.2) is 17.5 Å². The fourth-order valence-corrected chi connectivity index (χ4v) is 3.60. The first kappa shape index (κ1) is 23.0. The Bertz CT molecular complexity index is 952. The van der Waals surface area contributed by atoms with Crippen LogP contribution in [-0.2, 0) is 17.7 Å². The van der Waals surface area contributed by atoms with Crippen LogP contribution < -0.4 is 5.32 Å². The van der Waals surface area contributed by atoms with Crippen molar-refractivity contribution in [2.45, 2.75) is 70.3 Å². The summed E-state index contributed by atoms with van der Waals surface area (Å²) in [5.41, 5.74) is -0.729. The van der Waals surface area contributed by atoms with Crippen LogP contribution in [0.3, 0.4) is 0 Å². The molecule has 3 rings (SSSR count). The molecular formula is C20H23F5N4O2. The van der Waals surface area contributed by atoms with Gasteiger partial charge >= 0.3 is 12.3 Å². The summed E-state index contributed by atoms with van der Waals surface area (Å²) >= 11 is 0. The summed E-state index contributed by atoms with van der Waals surface area (Å²) in [5, 5.41) is 10.1. The van der Waals surface area contributed by atoms with Gasteiger partial charge in [0.2, 0.25) is 0 Å². The maximum atomic E-state index is 14.4. The summed E-state index contributed by atoms with van der Waals surface area (Å²) in [6.45, 7) is 4.94. The first-order valence-corrected chi connectivity index (χ1v) is 9.76. The third-order valence-corrected chi connectivity index (χ3v) is 4.85. The molecule has 1 aromatic carbocycles. The second kappa shape index (κ2) is 8.43. The quantitative estimate of drug-likeness (QED) is 0.688. The number of hydrogen-bond donors (Lipinski definition) is 1. The van der Waals surface area contributed by atoms with E-state index in [-0.39, 0.29) is 36.6 Å². The van der Waals surface area contributed by atoms with Crippen molar-refractivity contribution < 1.29 is 31.5 Å². The Hall–Kier alpha value is -2.72. The van der Waals surface area contributed by atoms with Gasteiger partial charge in [0.1, 0.15) is 17.8 Å². The van der Waals surface area contributed by atoms with Crippen LogP contribution in [-0.4, -0.2) is 32.6 Å². The largest absolute Gasteiger partial charge is 0.444 e. The van der Waals surface area contributed by atoms with Crippen LogP contribution in [0.25, 0.3) is 0 Å². The second-order valence-electron chi connectivity index (χ2n) is 8.49. The van der Waals surface area contributed by atoms with Gasteiger partial charge in [0.05, 0.1) is 6.04 Å². The van der Waals surface area contributed by atoms with Gasteiger partial charge in [-0.1, -0.05) is 12.1 Å². The molecule has 2 heterocycles. The molecule has 0 fully saturated rings. The molecule has 31 heavy (non-hydrogen) atoms. The highest BCUT2D eigenvalue weighted by Crippen LogP contribution is 2.35. The van der Waals surface area contributed by atoms with Crippen LogP contribution in [0.5, 0.6) is 0 Å². The van der Waals surface area contributed by atoms with Crippen molar-refractivity contribution in [3.63, 3.8) is 0 Å². The lowest BCUT2D eigenvalue weighted by Gasteiger charge is -2.22. The lowest BCUT2D eigenvalue weighted by atomic mass is 9.93. The Balaban J connectivity index is 1.96. The summed E-state index contributed by atoms with van der Waals surface area (Å²) in [4.78, 5) is 12.3. The number of hydrogen-bond acceptors (Lipinski definition) is 4. The van der Waals surface area contributed by atoms with E-state index in [1.807, 2.05) is 0 Å². The topological polar surface area (TPSA) is 69.0 Å². The Morgan fingerprint density at radius 2 is 1.90 bits per heavy atom. The van der Waals surface area contributed by atoms with Crippen molar-refractivity contribution in [2.75, 3.05) is 0 Å². The number of aromatic nitrogens is 3. The molecule has 0 spiro atoms. The third-order valence-electron chi connectivity index (χ3n) is 4.85. The summed E-state index contributed by atoms with van der Waals surface area (Å²) in [6, 6.07) is 2.92. The number of benzene rings is 1. The molecule has 0 aliphatic carbocycles. The van der Waals surface area contributed by atoms with Crippen LogP contribution in [0.1, 0.15) is 62.8 Å². The molecule has 11 heteroatoms. The number of ether oxygens (including phenoxy) is 1. The molecule has 1 N–H and O–H groups in total. The second-order valence-corrected chi connectivity index (χ2v) is 8.49. The summed E-state index contributed by atoms with van der Waals surface area (Å²) in [6.07, 6.45) is -6.14. The van der Waals surface area contributed by atoms with Crippen molar-refractivity contribution in [3.05, 3.63) is 47.0 Å². The van der Waals surface area contributed by atoms with Gasteiger partial charge in [-0.3, -0.25) is 0 Å². The summed E-state index contributed by atoms with van der Waals surface area (Å²) in [5.74, 6) is -2.96. The number of nitrogens with one attached hydrogen (secondary N) is 1. The monoisotopic (exact) mass is 446 g/mol. The molecule has 2 atom stereocenters. The third kappa shape index (κ3) is 5.71. The van der Waals surface area contributed by atoms with E-state index in [4.69, 9.17) is 4.74 Å². The number of nitrogens with zero attached hydrogens (tertiary/aromatic N) is 3. The molecule has 0 bridgehead atoms. The number of fused-ring (bicyclic) bond motifs is 1. The molecule has 1 amide bonds. The van der Waals surface area contributed by atoms with Crippen LogP contribution >= 0.6 is 0 Å². The number of alkyl halides is 3. The van der Waals surface area contributed by atoms with E-state index >= 15 is 0 Å². The van der Waals surface area contributed by atoms with E-state index in [1.54, 1.807) is 20.8 Å². The Morgan fingerprint density at radius 3 is 2.55 bits per heavy atom. The standard InChI is InChI=1S/C20H23F5N4O2/c1-19(2,3)31-18(30)26-14-8-7-11(12-5-4-6-13(21)16(12)22)10-29-15(9-20(23,24)25)27-28-17(14)29/h4-6,11,14H,7-10H2,1-3H3,(H,26,30)/t11-,14-/m1/s1. The average molecular weight is 446 g/mol. The molecule has 1 aromatic heterocycles. The predicted octanol–water partition coefficient (Wildman–Crippen LogP) is 4.80. The fraction of sp³-hybridized carbons (Fsp3) is 0.550. The minimum Gasteiger partial charge on any atom is -0.444 e. The number of rotatable bonds is 3. The van der Waals surface area contributed by atoms with Crippen LogP contribution in [0.4, 0.5) is 26.7 Å². The first-order chi connectivity index (χ1) is 14.3. The van der Waals surface area contributed by atoms with E-state index in [9.17, 15) is 26.7 Å². The number of halogens is 5. The smallest absolute Gasteiger partial charge is 0.408 e. The van der Waals surface area contributed by atoms with E-state index in [0.717, 1.165) is 6.07 Å². The molecule has 0 unspecified atom stereocenters. The summed E-state index contributed by atoms with van der Waals surface area (Å²) < 4.78 is 73.7. The fourth-order valence-electron chi connectivity index (χ4n) is 3.60. The molecule has 1 aliphatic rings. The van der Waals surface area contributed by atoms with E-state index in [0.29, 0.717) is 0 Å². The van der Waals surface area contributed by atoms with Crippen LogP contribution in [0.2, 0.25) is 0 Å². The molecule has 0 saturated carbocycles. The highest BCUT2D eigenvalue weighted by molar-refractivity contribution is 5.68. The highest BCUT2D eigenvalue weighted by atomic mass is 19.4. The Kier molecular flexibility index (Phi) is 6.24. The van der Waals surface area contributed by atoms with Crippen LogP contribution in [0.15, 0.2) is 18.2 Å². The zero-order valence-corrected chi connectivity index (χ0v) is 17.3. The molecule has 0 saturated heterocycles. The Labute approximate surface area is 175 Å². The lowest BCUT2D eigenvalue weighted by Crippen LogP contribution is -2.35. The number of amides is 1. The van der Waals surface area contributed by atoms with Gasteiger partial charge in [0.25, 0.3) is 0 Å². The van der Waals surface area contributed by atoms with E-state index in [1.165, 1.54) is 16.7 Å². The van der Waals surface area contributed by atoms with Gasteiger partial charge in [0, 0.05) is 12.5 Å². The SMILES string of the molecule is CC(C)(C)OC(=O)N[C@@H]1CC[C@@H](c2cccc(F)c2F)Cn2c(CC(F)(F)F)nnc21. The maximum absolute atomic E-state index is 14.4. The van der Waals surface area contributed by atoms with Gasteiger partial charge in [-0.2, -0.15) is 13.2 Å². The normalized spacial score (nSPS) is 19.5. The number of carbonyl (C=O) groups excluding carboxylic acids is 1. The molecule has 1 aliphatic heterocycles. The maximum Gasteiger partial charge on any atom is 0.408 e. The van der Waals surface area contributed by atoms with Gasteiger partial charge in [-0.15, -0.1) is 10.2 Å². The Morgan fingerprint density at radius 1 is 1.19 bits per heavy atom. The lowest BCUT2D eigenvalue weighted by molar-refractivity contribution is -0.129. The van der Waals surface area contributed by atoms with Crippen molar-refractivity contribution in [3.8, 4) is 0 Å². The zero-order chi connectivity index (χ0) is 23.0. The van der Waals surface area contributed by atoms with Crippen molar-refractivity contribution >= 4 is 6.09 Å². The zero-order valence-electron chi connectivity index (χ0n) is 17.3. The van der Waals surface area contributed by atoms with Gasteiger partial charge in [-0.25, -0.2) is 13.6 Å². The van der Waals surface area contributed by atoms with Gasteiger partial charge < -0.3 is 14.6 Å². The number of carbonyl (C=O) groups is 1. The van der Waals surface area contributed by atoms with Crippen molar-refractivity contribution in [1.82, 2.24) is 20.1 Å². The minimum absolute atomic E-state index is 0.0514. The summed E-state index contributed by atoms with van der Waals surface area (Å²) in [7, 11) is 0. The van der Waals surface area contributed by atoms with E-state index < -0.39 is 47.9 Å². The minimum atomic E-state index is -4.54. The molecule has 2 aromatic rings. The predicted molar refractivity (Wildman–Crippen MR) is 100 cm³/mol. The van der Waals surface area contributed by atoms with Gasteiger partial charge in [-0.05, 0) is 45.2 Å². The van der Waals surface area contributed by atoms with Crippen molar-refractivity contribution in [2.24, 2.45) is 0 Å². The molecule has 0 radical (unpaired) electrons. The molecular weight excluding hydrogens is 423 g/mol. The van der Waals surface area contributed by atoms with Crippen molar-refractivity contribution in [1.29, 1.82) is 0 Å². The molecule has 6 nitrogen and oxygen atoms in total. The van der Waals surface area contributed by atoms with Crippen LogP contribution in [0, 0.1) is 11.6 Å².